The van der Waals surface area contributed by atoms with Crippen LogP contribution in [-0.2, 0) is 19.1 Å². The Bertz CT molecular complexity index is 910. The molecular formula is C25H36O8. The number of rotatable bonds is 5. The molecule has 2 saturated carbocycles. The van der Waals surface area contributed by atoms with Crippen LogP contribution in [0.3, 0.4) is 0 Å². The van der Waals surface area contributed by atoms with Gasteiger partial charge in [-0.1, -0.05) is 27.2 Å². The molecule has 0 spiro atoms. The molecule has 4 rings (SSSR count). The van der Waals surface area contributed by atoms with E-state index < -0.39 is 58.9 Å². The minimum Gasteiger partial charge on any atom is -0.455 e. The second-order valence-corrected chi connectivity index (χ2v) is 10.8. The fourth-order valence-electron chi connectivity index (χ4n) is 6.85. The zero-order valence-corrected chi connectivity index (χ0v) is 19.9. The second-order valence-electron chi connectivity index (χ2n) is 10.8. The standard InChI is InChI=1S/C25H36O8/c1-12-6-8-17-16(5)25(31)23(29,11-15(4)22(28)33-25)24(30,20(12)17)21(27)13(2)7-9-18-14(3)10-19(26)32-18/h10-13,16-18,20,22,28-31H,6-9H2,1-5H3. The van der Waals surface area contributed by atoms with Crippen molar-refractivity contribution in [1.82, 2.24) is 0 Å². The van der Waals surface area contributed by atoms with E-state index in [0.717, 1.165) is 12.0 Å². The molecule has 2 fully saturated rings. The molecule has 184 valence electrons. The number of aliphatic hydroxyl groups is 4. The minimum atomic E-state index is -2.43. The fraction of sp³-hybridized carbons (Fsp3) is 0.760. The van der Waals surface area contributed by atoms with E-state index in [1.54, 1.807) is 20.8 Å². The van der Waals surface area contributed by atoms with Crippen LogP contribution in [0.2, 0.25) is 0 Å². The SMILES string of the molecule is CC1=CC2(O)C(O)(OC1O)C(C)C1CCC(C)C1C2(O)C(=O)C(C)CCC1OC(=O)C=C1C. The lowest BCUT2D eigenvalue weighted by Gasteiger charge is -2.63. The maximum Gasteiger partial charge on any atom is 0.331 e. The number of cyclic esters (lactones) is 1. The quantitative estimate of drug-likeness (QED) is 0.356. The topological polar surface area (TPSA) is 134 Å². The maximum atomic E-state index is 14.0. The normalized spacial score (nSPS) is 47.8. The van der Waals surface area contributed by atoms with Crippen LogP contribution < -0.4 is 0 Å². The van der Waals surface area contributed by atoms with Crippen LogP contribution in [0, 0.1) is 29.6 Å². The van der Waals surface area contributed by atoms with Crippen molar-refractivity contribution >= 4 is 11.8 Å². The van der Waals surface area contributed by atoms with Gasteiger partial charge in [-0.2, -0.15) is 0 Å². The summed E-state index contributed by atoms with van der Waals surface area (Å²) in [5.74, 6) is -5.53. The number of esters is 1. The van der Waals surface area contributed by atoms with E-state index in [4.69, 9.17) is 9.47 Å². The van der Waals surface area contributed by atoms with E-state index in [9.17, 15) is 30.0 Å². The molecule has 2 aliphatic carbocycles. The van der Waals surface area contributed by atoms with Gasteiger partial charge in [0.25, 0.3) is 0 Å². The highest BCUT2D eigenvalue weighted by Gasteiger charge is 2.78. The van der Waals surface area contributed by atoms with E-state index in [2.05, 4.69) is 0 Å². The van der Waals surface area contributed by atoms with Crippen molar-refractivity contribution < 1.29 is 39.5 Å². The highest BCUT2D eigenvalue weighted by molar-refractivity contribution is 5.92. The van der Waals surface area contributed by atoms with Gasteiger partial charge in [-0.3, -0.25) is 4.79 Å². The van der Waals surface area contributed by atoms with Crippen LogP contribution in [0.5, 0.6) is 0 Å². The number of fused-ring (bicyclic) bond motifs is 2. The first-order valence-corrected chi connectivity index (χ1v) is 11.9. The molecule has 0 radical (unpaired) electrons. The van der Waals surface area contributed by atoms with E-state index >= 15 is 0 Å². The van der Waals surface area contributed by atoms with Gasteiger partial charge < -0.3 is 29.9 Å². The average Bonchev–Trinajstić information content (AvgIpc) is 3.29. The van der Waals surface area contributed by atoms with Crippen molar-refractivity contribution in [2.75, 3.05) is 0 Å². The Hall–Kier alpha value is -1.58. The number of hydrogen-bond acceptors (Lipinski definition) is 8. The third-order valence-electron chi connectivity index (χ3n) is 8.81. The smallest absolute Gasteiger partial charge is 0.331 e. The summed E-state index contributed by atoms with van der Waals surface area (Å²) in [6.45, 7) is 8.69. The zero-order chi connectivity index (χ0) is 24.5. The number of hydrogen-bond donors (Lipinski definition) is 4. The number of Topliss-reactive ketones (excluding diaryl/α,β-unsaturated/α-hetero) is 1. The number of aliphatic hydroxyl groups excluding tert-OH is 1. The maximum absolute atomic E-state index is 14.0. The lowest BCUT2D eigenvalue weighted by atomic mass is 9.51. The van der Waals surface area contributed by atoms with Crippen LogP contribution >= 0.6 is 0 Å². The number of ketones is 1. The van der Waals surface area contributed by atoms with Gasteiger partial charge in [0.05, 0.1) is 0 Å². The Kier molecular flexibility index (Phi) is 5.94. The van der Waals surface area contributed by atoms with E-state index in [0.29, 0.717) is 19.3 Å². The molecule has 0 bridgehead atoms. The Balaban J connectivity index is 1.72. The van der Waals surface area contributed by atoms with Crippen LogP contribution in [0.25, 0.3) is 0 Å². The molecule has 0 aromatic rings. The Morgan fingerprint density at radius 2 is 1.85 bits per heavy atom. The zero-order valence-electron chi connectivity index (χ0n) is 19.9. The van der Waals surface area contributed by atoms with Crippen LogP contribution in [-0.4, -0.2) is 61.6 Å². The lowest BCUT2D eigenvalue weighted by Crippen LogP contribution is -2.81. The summed E-state index contributed by atoms with van der Waals surface area (Å²) in [6, 6.07) is 0. The molecule has 0 saturated heterocycles. The summed E-state index contributed by atoms with van der Waals surface area (Å²) in [5.41, 5.74) is -3.73. The van der Waals surface area contributed by atoms with Gasteiger partial charge in [-0.25, -0.2) is 4.79 Å². The molecule has 2 aliphatic heterocycles. The van der Waals surface area contributed by atoms with Gasteiger partial charge in [0.15, 0.2) is 23.3 Å². The minimum absolute atomic E-state index is 0.0614. The molecule has 8 nitrogen and oxygen atoms in total. The molecule has 4 aliphatic rings. The molecular weight excluding hydrogens is 428 g/mol. The van der Waals surface area contributed by atoms with Crippen LogP contribution in [0.1, 0.15) is 60.3 Å². The molecule has 0 aromatic heterocycles. The molecule has 4 N–H and O–H groups in total. The third kappa shape index (κ3) is 3.29. The first kappa shape index (κ1) is 24.5. The summed E-state index contributed by atoms with van der Waals surface area (Å²) >= 11 is 0. The van der Waals surface area contributed by atoms with Gasteiger partial charge in [-0.05, 0) is 62.2 Å². The molecule has 2 heterocycles. The summed E-state index contributed by atoms with van der Waals surface area (Å²) < 4.78 is 10.8. The van der Waals surface area contributed by atoms with Gasteiger partial charge in [0.2, 0.25) is 5.79 Å². The monoisotopic (exact) mass is 464 g/mol. The number of ether oxygens (including phenoxy) is 2. The highest BCUT2D eigenvalue weighted by Crippen LogP contribution is 2.62. The lowest BCUT2D eigenvalue weighted by molar-refractivity contribution is -0.408. The van der Waals surface area contributed by atoms with Gasteiger partial charge in [-0.15, -0.1) is 0 Å². The molecule has 33 heavy (non-hydrogen) atoms. The van der Waals surface area contributed by atoms with Crippen molar-refractivity contribution in [3.8, 4) is 0 Å². The summed E-state index contributed by atoms with van der Waals surface area (Å²) in [6.07, 6.45) is 2.92. The van der Waals surface area contributed by atoms with E-state index in [-0.39, 0.29) is 17.4 Å². The second kappa shape index (κ2) is 7.99. The van der Waals surface area contributed by atoms with E-state index in [1.165, 1.54) is 19.1 Å². The molecule has 8 heteroatoms. The van der Waals surface area contributed by atoms with E-state index in [1.807, 2.05) is 6.92 Å². The molecule has 0 aromatic carbocycles. The van der Waals surface area contributed by atoms with Crippen molar-refractivity contribution in [2.24, 2.45) is 29.6 Å². The van der Waals surface area contributed by atoms with Crippen molar-refractivity contribution in [2.45, 2.75) is 89.7 Å². The highest BCUT2D eigenvalue weighted by atomic mass is 16.7. The summed E-state index contributed by atoms with van der Waals surface area (Å²) in [4.78, 5) is 25.5. The summed E-state index contributed by atoms with van der Waals surface area (Å²) in [7, 11) is 0. The predicted molar refractivity (Wildman–Crippen MR) is 117 cm³/mol. The molecule has 10 atom stereocenters. The third-order valence-corrected chi connectivity index (χ3v) is 8.81. The number of carbonyl (C=O) groups is 2. The Morgan fingerprint density at radius 1 is 1.18 bits per heavy atom. The fourth-order valence-corrected chi connectivity index (χ4v) is 6.85. The first-order chi connectivity index (χ1) is 15.3. The average molecular weight is 465 g/mol. The Morgan fingerprint density at radius 3 is 2.45 bits per heavy atom. The summed E-state index contributed by atoms with van der Waals surface area (Å²) in [5, 5.41) is 46.1. The van der Waals surface area contributed by atoms with Crippen LogP contribution in [0.15, 0.2) is 23.3 Å². The number of carbonyl (C=O) groups excluding carboxylic acids is 2. The van der Waals surface area contributed by atoms with Gasteiger partial charge >= 0.3 is 5.97 Å². The van der Waals surface area contributed by atoms with Crippen molar-refractivity contribution in [3.63, 3.8) is 0 Å². The molecule has 0 amide bonds. The van der Waals surface area contributed by atoms with Crippen molar-refractivity contribution in [1.29, 1.82) is 0 Å². The largest absolute Gasteiger partial charge is 0.455 e. The van der Waals surface area contributed by atoms with Gasteiger partial charge in [0, 0.05) is 23.8 Å². The first-order valence-electron chi connectivity index (χ1n) is 11.9. The van der Waals surface area contributed by atoms with Crippen molar-refractivity contribution in [3.05, 3.63) is 23.3 Å². The van der Waals surface area contributed by atoms with Crippen LogP contribution in [0.4, 0.5) is 0 Å². The Labute approximate surface area is 194 Å². The molecule has 10 unspecified atom stereocenters. The van der Waals surface area contributed by atoms with Gasteiger partial charge in [0.1, 0.15) is 6.10 Å². The predicted octanol–water partition coefficient (Wildman–Crippen LogP) is 1.60.